The van der Waals surface area contributed by atoms with Crippen molar-refractivity contribution < 1.29 is 9.21 Å². The molecule has 5 nitrogen and oxygen atoms in total. The van der Waals surface area contributed by atoms with Crippen LogP contribution in [0.1, 0.15) is 44.3 Å². The molecule has 2 fully saturated rings. The number of carbonyl (C=O) groups excluding carboxylic acids is 1. The van der Waals surface area contributed by atoms with Crippen molar-refractivity contribution in [1.29, 1.82) is 0 Å². The van der Waals surface area contributed by atoms with Gasteiger partial charge in [-0.15, -0.1) is 0 Å². The van der Waals surface area contributed by atoms with Gasteiger partial charge < -0.3 is 14.2 Å². The molecule has 158 valence electrons. The molecule has 1 atom stereocenters. The number of amides is 1. The third kappa shape index (κ3) is 5.20. The molecule has 5 heteroatoms. The van der Waals surface area contributed by atoms with E-state index in [0.29, 0.717) is 24.3 Å². The van der Waals surface area contributed by atoms with E-state index in [1.165, 1.54) is 18.2 Å². The van der Waals surface area contributed by atoms with E-state index >= 15 is 0 Å². The number of benzene rings is 1. The second-order valence-corrected chi connectivity index (χ2v) is 9.07. The van der Waals surface area contributed by atoms with Crippen LogP contribution in [0.25, 0.3) is 11.0 Å². The molecule has 0 aliphatic carbocycles. The summed E-state index contributed by atoms with van der Waals surface area (Å²) in [4.78, 5) is 19.6. The standard InChI is InChI=1S/C24H35N3O2/c1-25-14-11-21(12-15-25)26(2)24(28)10-9-19-6-5-13-27(17-19)18-22-16-20-7-3-4-8-23(20)29-22/h3-4,7-8,16,19,21H,5-6,9-15,17-18H2,1-2H3/t19-/m1/s1. The van der Waals surface area contributed by atoms with Crippen LogP contribution in [0.2, 0.25) is 0 Å². The van der Waals surface area contributed by atoms with Crippen molar-refractivity contribution in [1.82, 2.24) is 14.7 Å². The monoisotopic (exact) mass is 397 g/mol. The Hall–Kier alpha value is -1.85. The topological polar surface area (TPSA) is 39.9 Å². The Kier molecular flexibility index (Phi) is 6.56. The molecular formula is C24H35N3O2. The SMILES string of the molecule is CN1CCC(N(C)C(=O)CC[C@H]2CCCN(Cc3cc4ccccc4o3)C2)CC1. The Morgan fingerprint density at radius 2 is 1.97 bits per heavy atom. The summed E-state index contributed by atoms with van der Waals surface area (Å²) in [7, 11) is 4.17. The number of likely N-dealkylation sites (tertiary alicyclic amines) is 2. The van der Waals surface area contributed by atoms with E-state index in [0.717, 1.165) is 63.3 Å². The second kappa shape index (κ2) is 9.31. The fraction of sp³-hybridized carbons (Fsp3) is 0.625. The number of hydrogen-bond donors (Lipinski definition) is 0. The van der Waals surface area contributed by atoms with Gasteiger partial charge in [0.1, 0.15) is 11.3 Å². The summed E-state index contributed by atoms with van der Waals surface area (Å²) in [6.45, 7) is 5.26. The molecule has 0 bridgehead atoms. The lowest BCUT2D eigenvalue weighted by Crippen LogP contribution is -2.44. The molecule has 0 saturated carbocycles. The first kappa shape index (κ1) is 20.4. The van der Waals surface area contributed by atoms with Crippen molar-refractivity contribution in [3.8, 4) is 0 Å². The van der Waals surface area contributed by atoms with Crippen molar-refractivity contribution in [3.63, 3.8) is 0 Å². The van der Waals surface area contributed by atoms with Crippen molar-refractivity contribution in [2.45, 2.75) is 51.1 Å². The summed E-state index contributed by atoms with van der Waals surface area (Å²) in [5, 5.41) is 1.18. The van der Waals surface area contributed by atoms with E-state index in [9.17, 15) is 4.79 Å². The molecule has 1 aromatic heterocycles. The van der Waals surface area contributed by atoms with Crippen LogP contribution in [-0.4, -0.2) is 66.9 Å². The highest BCUT2D eigenvalue weighted by Gasteiger charge is 2.26. The first-order valence-electron chi connectivity index (χ1n) is 11.2. The largest absolute Gasteiger partial charge is 0.460 e. The van der Waals surface area contributed by atoms with E-state index in [4.69, 9.17) is 4.42 Å². The lowest BCUT2D eigenvalue weighted by atomic mass is 9.92. The lowest BCUT2D eigenvalue weighted by molar-refractivity contribution is -0.133. The average molecular weight is 398 g/mol. The molecule has 29 heavy (non-hydrogen) atoms. The predicted molar refractivity (Wildman–Crippen MR) is 117 cm³/mol. The highest BCUT2D eigenvalue weighted by Crippen LogP contribution is 2.26. The highest BCUT2D eigenvalue weighted by molar-refractivity contribution is 5.77. The van der Waals surface area contributed by atoms with Gasteiger partial charge >= 0.3 is 0 Å². The maximum Gasteiger partial charge on any atom is 0.222 e. The van der Waals surface area contributed by atoms with Gasteiger partial charge in [0.25, 0.3) is 0 Å². The van der Waals surface area contributed by atoms with Gasteiger partial charge in [-0.25, -0.2) is 0 Å². The van der Waals surface area contributed by atoms with Crippen molar-refractivity contribution in [3.05, 3.63) is 36.1 Å². The number of nitrogens with zero attached hydrogens (tertiary/aromatic N) is 3. The number of rotatable bonds is 6. The third-order valence-corrected chi connectivity index (χ3v) is 6.85. The smallest absolute Gasteiger partial charge is 0.222 e. The van der Waals surface area contributed by atoms with Gasteiger partial charge in [-0.2, -0.15) is 0 Å². The Bertz CT molecular complexity index is 776. The van der Waals surface area contributed by atoms with Crippen LogP contribution in [0.3, 0.4) is 0 Å². The van der Waals surface area contributed by atoms with Crippen LogP contribution in [0.5, 0.6) is 0 Å². The lowest BCUT2D eigenvalue weighted by Gasteiger charge is -2.36. The van der Waals surface area contributed by atoms with E-state index in [1.54, 1.807) is 0 Å². The van der Waals surface area contributed by atoms with Crippen LogP contribution in [0.15, 0.2) is 34.7 Å². The molecule has 1 aromatic carbocycles. The Labute approximate surface area is 174 Å². The quantitative estimate of drug-likeness (QED) is 0.739. The second-order valence-electron chi connectivity index (χ2n) is 9.07. The fourth-order valence-corrected chi connectivity index (χ4v) is 4.96. The Morgan fingerprint density at radius 1 is 1.17 bits per heavy atom. The molecule has 2 aliphatic rings. The van der Waals surface area contributed by atoms with Gasteiger partial charge in [-0.3, -0.25) is 9.69 Å². The molecule has 0 spiro atoms. The van der Waals surface area contributed by atoms with E-state index in [2.05, 4.69) is 35.0 Å². The number of para-hydroxylation sites is 1. The van der Waals surface area contributed by atoms with Gasteiger partial charge in [-0.05, 0) is 76.8 Å². The average Bonchev–Trinajstić information content (AvgIpc) is 3.14. The normalized spacial score (nSPS) is 22.2. The maximum absolute atomic E-state index is 12.7. The van der Waals surface area contributed by atoms with Crippen molar-refractivity contribution in [2.24, 2.45) is 5.92 Å². The zero-order valence-corrected chi connectivity index (χ0v) is 18.0. The molecule has 2 aromatic rings. The molecule has 0 N–H and O–H groups in total. The summed E-state index contributed by atoms with van der Waals surface area (Å²) in [5.41, 5.74) is 0.971. The van der Waals surface area contributed by atoms with Gasteiger partial charge in [0, 0.05) is 31.4 Å². The molecule has 4 rings (SSSR count). The third-order valence-electron chi connectivity index (χ3n) is 6.85. The van der Waals surface area contributed by atoms with Crippen LogP contribution in [-0.2, 0) is 11.3 Å². The Balaban J connectivity index is 1.24. The van der Waals surface area contributed by atoms with Gasteiger partial charge in [0.15, 0.2) is 0 Å². The zero-order valence-electron chi connectivity index (χ0n) is 18.0. The van der Waals surface area contributed by atoms with Gasteiger partial charge in [0.2, 0.25) is 5.91 Å². The summed E-state index contributed by atoms with van der Waals surface area (Å²) in [6, 6.07) is 10.8. The zero-order chi connectivity index (χ0) is 20.2. The molecule has 0 radical (unpaired) electrons. The number of hydrogen-bond acceptors (Lipinski definition) is 4. The van der Waals surface area contributed by atoms with Crippen LogP contribution in [0.4, 0.5) is 0 Å². The van der Waals surface area contributed by atoms with Crippen LogP contribution in [0, 0.1) is 5.92 Å². The Morgan fingerprint density at radius 3 is 2.76 bits per heavy atom. The number of carbonyl (C=O) groups is 1. The van der Waals surface area contributed by atoms with E-state index in [1.807, 2.05) is 24.1 Å². The highest BCUT2D eigenvalue weighted by atomic mass is 16.3. The molecule has 2 saturated heterocycles. The number of piperidine rings is 2. The van der Waals surface area contributed by atoms with Gasteiger partial charge in [0.05, 0.1) is 6.54 Å². The van der Waals surface area contributed by atoms with E-state index in [-0.39, 0.29) is 0 Å². The van der Waals surface area contributed by atoms with Crippen LogP contribution >= 0.6 is 0 Å². The minimum atomic E-state index is 0.328. The summed E-state index contributed by atoms with van der Waals surface area (Å²) >= 11 is 0. The first-order valence-corrected chi connectivity index (χ1v) is 11.2. The van der Waals surface area contributed by atoms with Gasteiger partial charge in [-0.1, -0.05) is 18.2 Å². The predicted octanol–water partition coefficient (Wildman–Crippen LogP) is 3.98. The van der Waals surface area contributed by atoms with E-state index < -0.39 is 0 Å². The van der Waals surface area contributed by atoms with Crippen molar-refractivity contribution in [2.75, 3.05) is 40.3 Å². The fourth-order valence-electron chi connectivity index (χ4n) is 4.96. The molecule has 2 aliphatic heterocycles. The minimum Gasteiger partial charge on any atom is -0.460 e. The number of fused-ring (bicyclic) bond motifs is 1. The first-order chi connectivity index (χ1) is 14.1. The summed E-state index contributed by atoms with van der Waals surface area (Å²) < 4.78 is 6.00. The maximum atomic E-state index is 12.7. The van der Waals surface area contributed by atoms with Crippen molar-refractivity contribution >= 4 is 16.9 Å². The summed E-state index contributed by atoms with van der Waals surface area (Å²) in [5.74, 6) is 1.99. The summed E-state index contributed by atoms with van der Waals surface area (Å²) in [6.07, 6.45) is 6.35. The molecular weight excluding hydrogens is 362 g/mol. The molecule has 3 heterocycles. The molecule has 0 unspecified atom stereocenters. The molecule has 1 amide bonds. The minimum absolute atomic E-state index is 0.328. The van der Waals surface area contributed by atoms with Crippen LogP contribution < -0.4 is 0 Å². The number of furan rings is 1.